The first kappa shape index (κ1) is 18.4. The molecule has 4 aliphatic heterocycles. The van der Waals surface area contributed by atoms with Crippen molar-refractivity contribution < 1.29 is 28.3 Å². The van der Waals surface area contributed by atoms with E-state index in [0.717, 1.165) is 0 Å². The van der Waals surface area contributed by atoms with Crippen molar-refractivity contribution in [2.75, 3.05) is 0 Å². The average molecular weight is 341 g/mol. The zero-order valence-corrected chi connectivity index (χ0v) is 13.0. The van der Waals surface area contributed by atoms with Crippen LogP contribution in [-0.2, 0) is 23.9 Å². The highest BCUT2D eigenvalue weighted by atomic mass is 16.5. The monoisotopic (exact) mass is 341 g/mol. The van der Waals surface area contributed by atoms with Crippen LogP contribution >= 0.6 is 0 Å². The Bertz CT molecular complexity index is 666. The normalized spacial score (nSPS) is 29.8. The van der Waals surface area contributed by atoms with E-state index >= 15 is 0 Å². The van der Waals surface area contributed by atoms with Crippen molar-refractivity contribution in [3.8, 4) is 0 Å². The molecule has 4 atom stereocenters. The fourth-order valence-electron chi connectivity index (χ4n) is 2.80. The van der Waals surface area contributed by atoms with Gasteiger partial charge in [-0.05, 0) is 12.1 Å². The van der Waals surface area contributed by atoms with E-state index in [-0.39, 0.29) is 56.1 Å². The van der Waals surface area contributed by atoms with E-state index < -0.39 is 0 Å². The summed E-state index contributed by atoms with van der Waals surface area (Å²) < 4.78 is 9.97. The van der Waals surface area contributed by atoms with Crippen LogP contribution in [0.2, 0.25) is 0 Å². The van der Waals surface area contributed by atoms with Gasteiger partial charge in [-0.15, -0.1) is 0 Å². The van der Waals surface area contributed by atoms with Crippen LogP contribution in [0.25, 0.3) is 0 Å². The number of imide groups is 2. The maximum Gasteiger partial charge on any atom is 0.250 e. The Morgan fingerprint density at radius 3 is 1.56 bits per heavy atom. The number of carbonyl (C=O) groups excluding carboxylic acids is 4. The van der Waals surface area contributed by atoms with Crippen molar-refractivity contribution >= 4 is 32.0 Å². The number of amides is 4. The summed E-state index contributed by atoms with van der Waals surface area (Å²) in [5.74, 6) is -1.53. The number of fused-ring (bicyclic) bond motifs is 5. The van der Waals surface area contributed by atoms with Gasteiger partial charge >= 0.3 is 0 Å². The number of hydrogen-bond donors (Lipinski definition) is 2. The number of carbonyl (C=O) groups is 4. The topological polar surface area (TPSA) is 115 Å². The van der Waals surface area contributed by atoms with Crippen LogP contribution in [0.4, 0.5) is 0 Å². The molecule has 0 spiro atoms. The van der Waals surface area contributed by atoms with Crippen molar-refractivity contribution in [3.63, 3.8) is 0 Å². The molecule has 9 heteroatoms. The van der Waals surface area contributed by atoms with E-state index in [1.165, 1.54) is 12.2 Å². The molecule has 5 rings (SSSR count). The molecule has 5 heterocycles. The molecule has 4 unspecified atom stereocenters. The molecule has 4 amide bonds. The quantitative estimate of drug-likeness (QED) is 0.367. The van der Waals surface area contributed by atoms with Crippen molar-refractivity contribution in [1.82, 2.24) is 10.6 Å². The zero-order valence-electron chi connectivity index (χ0n) is 13.0. The molecule has 1 aromatic rings. The summed E-state index contributed by atoms with van der Waals surface area (Å²) in [5.41, 5.74) is 0. The smallest absolute Gasteiger partial charge is 0.250 e. The third-order valence-electron chi connectivity index (χ3n) is 3.81. The second kappa shape index (κ2) is 7.76. The lowest BCUT2D eigenvalue weighted by molar-refractivity contribution is -0.128. The van der Waals surface area contributed by atoms with E-state index in [1.54, 1.807) is 12.5 Å². The molecule has 8 nitrogen and oxygen atoms in total. The van der Waals surface area contributed by atoms with Gasteiger partial charge in [0.1, 0.15) is 0 Å². The summed E-state index contributed by atoms with van der Waals surface area (Å²) in [4.78, 5) is 42.5. The van der Waals surface area contributed by atoms with Crippen molar-refractivity contribution in [1.29, 1.82) is 0 Å². The van der Waals surface area contributed by atoms with E-state index in [0.29, 0.717) is 0 Å². The first-order chi connectivity index (χ1) is 11.6. The van der Waals surface area contributed by atoms with Gasteiger partial charge in [-0.25, -0.2) is 0 Å². The highest BCUT2D eigenvalue weighted by Gasteiger charge is 2.57. The van der Waals surface area contributed by atoms with Crippen LogP contribution in [0.15, 0.2) is 53.4 Å². The third-order valence-corrected chi connectivity index (χ3v) is 3.81. The minimum Gasteiger partial charge on any atom is -0.473 e. The molecule has 1 aromatic heterocycles. The lowest BCUT2D eigenvalue weighted by Crippen LogP contribution is -2.27. The van der Waals surface area contributed by atoms with Gasteiger partial charge in [0.2, 0.25) is 11.8 Å². The highest BCUT2D eigenvalue weighted by Crippen LogP contribution is 2.41. The number of ether oxygens (including phenoxy) is 1. The summed E-state index contributed by atoms with van der Waals surface area (Å²) in [5, 5.41) is 4.35. The second-order valence-electron chi connectivity index (χ2n) is 5.34. The minimum atomic E-state index is -0.329. The van der Waals surface area contributed by atoms with E-state index in [9.17, 15) is 19.2 Å². The minimum absolute atomic E-state index is 0. The SMILES string of the molecule is O=C1C=CC(=O)N1.O=C1NC(=O)C2C3C=CC(O3)C12.[B].c1ccoc1. The molecule has 3 radical (unpaired) electrons. The molecule has 2 fully saturated rings. The van der Waals surface area contributed by atoms with Crippen LogP contribution in [-0.4, -0.2) is 44.2 Å². The summed E-state index contributed by atoms with van der Waals surface area (Å²) >= 11 is 0. The largest absolute Gasteiger partial charge is 0.473 e. The number of nitrogens with one attached hydrogen (secondary N) is 2. The van der Waals surface area contributed by atoms with Crippen LogP contribution in [0, 0.1) is 11.8 Å². The van der Waals surface area contributed by atoms with Crippen molar-refractivity contribution in [2.24, 2.45) is 11.8 Å². The molecule has 0 saturated carbocycles. The van der Waals surface area contributed by atoms with Gasteiger partial charge in [0.25, 0.3) is 11.8 Å². The molecular weight excluding hydrogens is 327 g/mol. The zero-order chi connectivity index (χ0) is 17.1. The molecule has 4 aliphatic rings. The Kier molecular flexibility index (Phi) is 5.71. The molecule has 25 heavy (non-hydrogen) atoms. The van der Waals surface area contributed by atoms with Gasteiger partial charge in [0.05, 0.1) is 36.6 Å². The summed E-state index contributed by atoms with van der Waals surface area (Å²) in [6, 6.07) is 3.67. The van der Waals surface area contributed by atoms with E-state index in [2.05, 4.69) is 9.73 Å². The predicted molar refractivity (Wildman–Crippen MR) is 84.7 cm³/mol. The molecular formula is C16H14BN2O6. The van der Waals surface area contributed by atoms with Gasteiger partial charge in [0, 0.05) is 20.6 Å². The molecule has 0 aromatic carbocycles. The summed E-state index contributed by atoms with van der Waals surface area (Å²) in [7, 11) is 0. The summed E-state index contributed by atoms with van der Waals surface area (Å²) in [6.07, 6.45) is 9.05. The van der Waals surface area contributed by atoms with Crippen LogP contribution in [0.5, 0.6) is 0 Å². The Morgan fingerprint density at radius 2 is 1.24 bits per heavy atom. The Balaban J connectivity index is 0.000000149. The first-order valence-electron chi connectivity index (χ1n) is 7.25. The number of furan rings is 1. The van der Waals surface area contributed by atoms with Gasteiger partial charge in [-0.1, -0.05) is 12.2 Å². The average Bonchev–Trinajstić information content (AvgIpc) is 3.33. The second-order valence-corrected chi connectivity index (χ2v) is 5.34. The van der Waals surface area contributed by atoms with E-state index in [1.807, 2.05) is 29.6 Å². The Hall–Kier alpha value is -2.94. The van der Waals surface area contributed by atoms with Crippen molar-refractivity contribution in [3.05, 3.63) is 49.0 Å². The lowest BCUT2D eigenvalue weighted by atomic mass is 9.85. The molecule has 2 saturated heterocycles. The predicted octanol–water partition coefficient (Wildman–Crippen LogP) is -0.690. The highest BCUT2D eigenvalue weighted by molar-refractivity contribution is 6.12. The van der Waals surface area contributed by atoms with Crippen LogP contribution in [0.3, 0.4) is 0 Å². The van der Waals surface area contributed by atoms with Gasteiger partial charge in [-0.2, -0.15) is 0 Å². The molecule has 2 bridgehead atoms. The number of hydrogen-bond acceptors (Lipinski definition) is 6. The molecule has 2 N–H and O–H groups in total. The maximum absolute atomic E-state index is 11.2. The standard InChI is InChI=1S/C8H7NO3.C4H3NO2.C4H4O.B/c10-7-5-3-1-2-4(12-3)6(5)8(11)9-7;6-3-1-2-4(7)5-3;1-2-4-5-3-1;/h1-6H,(H,9,10,11);1-2H,(H,5,6,7);1-4H;. The molecule has 0 aliphatic carbocycles. The molecule has 127 valence electrons. The lowest BCUT2D eigenvalue weighted by Gasteiger charge is -2.10. The fraction of sp³-hybridized carbons (Fsp3) is 0.250. The maximum atomic E-state index is 11.2. The van der Waals surface area contributed by atoms with Gasteiger partial charge in [0.15, 0.2) is 0 Å². The number of rotatable bonds is 0. The summed E-state index contributed by atoms with van der Waals surface area (Å²) in [6.45, 7) is 0. The van der Waals surface area contributed by atoms with Crippen LogP contribution < -0.4 is 10.6 Å². The Labute approximate surface area is 144 Å². The van der Waals surface area contributed by atoms with Crippen LogP contribution in [0.1, 0.15) is 0 Å². The van der Waals surface area contributed by atoms with Gasteiger partial charge in [-0.3, -0.25) is 29.8 Å². The first-order valence-corrected chi connectivity index (χ1v) is 7.25. The van der Waals surface area contributed by atoms with Gasteiger partial charge < -0.3 is 9.15 Å². The Morgan fingerprint density at radius 1 is 0.760 bits per heavy atom. The van der Waals surface area contributed by atoms with Crippen molar-refractivity contribution in [2.45, 2.75) is 12.2 Å². The third kappa shape index (κ3) is 3.94. The fourth-order valence-corrected chi connectivity index (χ4v) is 2.80. The van der Waals surface area contributed by atoms with E-state index in [4.69, 9.17) is 4.74 Å².